The highest BCUT2D eigenvalue weighted by Gasteiger charge is 2.46. The molecule has 1 aliphatic carbocycles. The number of benzene rings is 1. The zero-order valence-corrected chi connectivity index (χ0v) is 17.2. The molecule has 1 unspecified atom stereocenters. The highest BCUT2D eigenvalue weighted by Crippen LogP contribution is 2.48. The summed E-state index contributed by atoms with van der Waals surface area (Å²) in [6, 6.07) is 4.24. The second kappa shape index (κ2) is 7.28. The molecule has 0 spiro atoms. The Morgan fingerprint density at radius 2 is 1.87 bits per heavy atom. The summed E-state index contributed by atoms with van der Waals surface area (Å²) in [5, 5.41) is 0. The predicted molar refractivity (Wildman–Crippen MR) is 104 cm³/mol. The molecule has 1 atom stereocenters. The lowest BCUT2D eigenvalue weighted by molar-refractivity contribution is -0.0746. The van der Waals surface area contributed by atoms with E-state index in [2.05, 4.69) is 68.8 Å². The molecule has 1 saturated carbocycles. The van der Waals surface area contributed by atoms with Crippen molar-refractivity contribution in [3.05, 3.63) is 32.2 Å². The fourth-order valence-electron chi connectivity index (χ4n) is 3.93. The molecule has 0 bridgehead atoms. The first-order chi connectivity index (χ1) is 11.1. The minimum atomic E-state index is -0.229. The molecular formula is C19H25Br2NO. The van der Waals surface area contributed by atoms with Crippen LogP contribution >= 0.6 is 31.9 Å². The Bertz CT molecular complexity index is 608. The third kappa shape index (κ3) is 3.27. The SMILES string of the molecule is CCCN(CCC)C12CCCCC1=Cc1cc(Br)cc(Br)c1O2. The van der Waals surface area contributed by atoms with E-state index in [0.717, 1.165) is 53.5 Å². The summed E-state index contributed by atoms with van der Waals surface area (Å²) in [5.74, 6) is 0.996. The van der Waals surface area contributed by atoms with Crippen molar-refractivity contribution in [1.29, 1.82) is 0 Å². The van der Waals surface area contributed by atoms with Crippen LogP contribution < -0.4 is 4.74 Å². The van der Waals surface area contributed by atoms with E-state index in [1.54, 1.807) is 0 Å². The minimum Gasteiger partial charge on any atom is -0.467 e. The van der Waals surface area contributed by atoms with E-state index in [4.69, 9.17) is 4.74 Å². The maximum Gasteiger partial charge on any atom is 0.186 e. The average Bonchev–Trinajstić information content (AvgIpc) is 2.53. The van der Waals surface area contributed by atoms with Gasteiger partial charge in [-0.05, 0) is 71.8 Å². The maximum atomic E-state index is 6.77. The molecule has 0 radical (unpaired) electrons. The van der Waals surface area contributed by atoms with Crippen molar-refractivity contribution < 1.29 is 4.74 Å². The van der Waals surface area contributed by atoms with Crippen molar-refractivity contribution in [1.82, 2.24) is 4.90 Å². The van der Waals surface area contributed by atoms with Gasteiger partial charge in [0.05, 0.1) is 4.47 Å². The Morgan fingerprint density at radius 1 is 1.13 bits per heavy atom. The molecule has 2 nitrogen and oxygen atoms in total. The number of rotatable bonds is 5. The Kier molecular flexibility index (Phi) is 5.54. The number of fused-ring (bicyclic) bond motifs is 2. The highest BCUT2D eigenvalue weighted by molar-refractivity contribution is 9.11. The lowest BCUT2D eigenvalue weighted by Crippen LogP contribution is -2.57. The van der Waals surface area contributed by atoms with Gasteiger partial charge < -0.3 is 4.74 Å². The maximum absolute atomic E-state index is 6.77. The quantitative estimate of drug-likeness (QED) is 0.524. The number of hydrogen-bond donors (Lipinski definition) is 0. The molecule has 0 N–H and O–H groups in total. The number of nitrogens with zero attached hydrogens (tertiary/aromatic N) is 1. The van der Waals surface area contributed by atoms with E-state index in [1.165, 1.54) is 24.0 Å². The van der Waals surface area contributed by atoms with Gasteiger partial charge in [0.15, 0.2) is 5.72 Å². The zero-order valence-electron chi connectivity index (χ0n) is 14.0. The van der Waals surface area contributed by atoms with Crippen LogP contribution in [0.3, 0.4) is 0 Å². The van der Waals surface area contributed by atoms with Gasteiger partial charge in [-0.15, -0.1) is 0 Å². The van der Waals surface area contributed by atoms with E-state index in [1.807, 2.05) is 0 Å². The molecule has 2 aliphatic rings. The van der Waals surface area contributed by atoms with Crippen molar-refractivity contribution >= 4 is 37.9 Å². The molecule has 1 aliphatic heterocycles. The minimum absolute atomic E-state index is 0.229. The summed E-state index contributed by atoms with van der Waals surface area (Å²) in [4.78, 5) is 2.58. The van der Waals surface area contributed by atoms with Crippen LogP contribution in [0.25, 0.3) is 6.08 Å². The number of hydrogen-bond acceptors (Lipinski definition) is 2. The summed E-state index contributed by atoms with van der Waals surface area (Å²) in [6.07, 6.45) is 9.46. The van der Waals surface area contributed by atoms with Crippen LogP contribution in [0.5, 0.6) is 5.75 Å². The van der Waals surface area contributed by atoms with E-state index < -0.39 is 0 Å². The molecule has 0 saturated heterocycles. The molecule has 1 fully saturated rings. The largest absolute Gasteiger partial charge is 0.467 e. The van der Waals surface area contributed by atoms with Gasteiger partial charge >= 0.3 is 0 Å². The normalized spacial score (nSPS) is 23.1. The molecule has 126 valence electrons. The van der Waals surface area contributed by atoms with Gasteiger partial charge in [-0.25, -0.2) is 0 Å². The van der Waals surface area contributed by atoms with E-state index in [-0.39, 0.29) is 5.72 Å². The van der Waals surface area contributed by atoms with Gasteiger partial charge in [0, 0.05) is 29.5 Å². The molecule has 1 aromatic rings. The standard InChI is InChI=1S/C19H25Br2NO/c1-3-9-22(10-4-2)19-8-6-5-7-15(19)11-14-12-16(20)13-17(21)18(14)23-19/h11-13H,3-10H2,1-2H3. The van der Waals surface area contributed by atoms with Gasteiger partial charge in [-0.1, -0.05) is 29.8 Å². The van der Waals surface area contributed by atoms with E-state index in [9.17, 15) is 0 Å². The molecule has 0 amide bonds. The first-order valence-corrected chi connectivity index (χ1v) is 10.3. The van der Waals surface area contributed by atoms with Crippen molar-refractivity contribution in [3.63, 3.8) is 0 Å². The smallest absolute Gasteiger partial charge is 0.186 e. The van der Waals surface area contributed by atoms with Gasteiger partial charge in [0.2, 0.25) is 0 Å². The monoisotopic (exact) mass is 441 g/mol. The van der Waals surface area contributed by atoms with Gasteiger partial charge in [-0.3, -0.25) is 4.90 Å². The number of ether oxygens (including phenoxy) is 1. The average molecular weight is 443 g/mol. The van der Waals surface area contributed by atoms with Crippen LogP contribution in [0.2, 0.25) is 0 Å². The fraction of sp³-hybridized carbons (Fsp3) is 0.579. The van der Waals surface area contributed by atoms with Crippen LogP contribution in [0.4, 0.5) is 0 Å². The zero-order chi connectivity index (χ0) is 16.4. The molecule has 0 aromatic heterocycles. The first kappa shape index (κ1) is 17.5. The Balaban J connectivity index is 2.08. The summed E-state index contributed by atoms with van der Waals surface area (Å²) in [5.41, 5.74) is 2.42. The Morgan fingerprint density at radius 3 is 2.57 bits per heavy atom. The van der Waals surface area contributed by atoms with Gasteiger partial charge in [-0.2, -0.15) is 0 Å². The third-order valence-electron chi connectivity index (χ3n) is 4.85. The lowest BCUT2D eigenvalue weighted by Gasteiger charge is -2.49. The van der Waals surface area contributed by atoms with Crippen molar-refractivity contribution in [2.45, 2.75) is 58.1 Å². The molecule has 1 heterocycles. The summed E-state index contributed by atoms with van der Waals surface area (Å²) < 4.78 is 8.89. The van der Waals surface area contributed by atoms with Crippen molar-refractivity contribution in [2.24, 2.45) is 0 Å². The summed E-state index contributed by atoms with van der Waals surface area (Å²) in [7, 11) is 0. The van der Waals surface area contributed by atoms with E-state index >= 15 is 0 Å². The van der Waals surface area contributed by atoms with Crippen LogP contribution in [0.1, 0.15) is 57.9 Å². The third-order valence-corrected chi connectivity index (χ3v) is 5.90. The fourth-order valence-corrected chi connectivity index (χ4v) is 5.27. The van der Waals surface area contributed by atoms with Gasteiger partial charge in [0.25, 0.3) is 0 Å². The lowest BCUT2D eigenvalue weighted by atomic mass is 9.82. The van der Waals surface area contributed by atoms with Crippen molar-refractivity contribution in [3.8, 4) is 5.75 Å². The van der Waals surface area contributed by atoms with Crippen LogP contribution in [0, 0.1) is 0 Å². The topological polar surface area (TPSA) is 12.5 Å². The molecule has 1 aromatic carbocycles. The van der Waals surface area contributed by atoms with Crippen LogP contribution in [0.15, 0.2) is 26.7 Å². The highest BCUT2D eigenvalue weighted by atomic mass is 79.9. The summed E-state index contributed by atoms with van der Waals surface area (Å²) in [6.45, 7) is 6.70. The predicted octanol–water partition coefficient (Wildman–Crippen LogP) is 6.38. The number of halogens is 2. The van der Waals surface area contributed by atoms with Gasteiger partial charge in [0.1, 0.15) is 5.75 Å². The molecule has 23 heavy (non-hydrogen) atoms. The second-order valence-corrected chi connectivity index (χ2v) is 8.33. The second-order valence-electron chi connectivity index (χ2n) is 6.56. The molecule has 4 heteroatoms. The van der Waals surface area contributed by atoms with E-state index in [0.29, 0.717) is 0 Å². The van der Waals surface area contributed by atoms with Crippen LogP contribution in [-0.2, 0) is 0 Å². The van der Waals surface area contributed by atoms with Crippen LogP contribution in [-0.4, -0.2) is 23.7 Å². The Labute approximate surface area is 156 Å². The molecular weight excluding hydrogens is 418 g/mol. The summed E-state index contributed by atoms with van der Waals surface area (Å²) >= 11 is 7.29. The first-order valence-electron chi connectivity index (χ1n) is 8.75. The molecule has 3 rings (SSSR count). The van der Waals surface area contributed by atoms with Crippen molar-refractivity contribution in [2.75, 3.05) is 13.1 Å². The Hall–Kier alpha value is -0.320.